The zero-order valence-corrected chi connectivity index (χ0v) is 11.7. The van der Waals surface area contributed by atoms with Crippen LogP contribution >= 0.6 is 0 Å². The molecule has 0 aliphatic carbocycles. The van der Waals surface area contributed by atoms with E-state index in [1.807, 2.05) is 22.8 Å². The fourth-order valence-corrected chi connectivity index (χ4v) is 3.30. The highest BCUT2D eigenvalue weighted by molar-refractivity contribution is 5.79. The summed E-state index contributed by atoms with van der Waals surface area (Å²) in [6.45, 7) is 3.92. The van der Waals surface area contributed by atoms with E-state index >= 15 is 0 Å². The van der Waals surface area contributed by atoms with Crippen molar-refractivity contribution < 1.29 is 9.18 Å². The number of carbonyl (C=O) groups excluding carboxylic acids is 1. The van der Waals surface area contributed by atoms with Gasteiger partial charge in [0.1, 0.15) is 5.82 Å². The lowest BCUT2D eigenvalue weighted by molar-refractivity contribution is -0.129. The summed E-state index contributed by atoms with van der Waals surface area (Å²) in [7, 11) is 0. The van der Waals surface area contributed by atoms with Crippen LogP contribution < -0.4 is 10.6 Å². The molecule has 0 radical (unpaired) electrons. The van der Waals surface area contributed by atoms with Gasteiger partial charge < -0.3 is 15.5 Å². The van der Waals surface area contributed by atoms with Crippen LogP contribution in [-0.2, 0) is 4.79 Å². The number of piperazine rings is 1. The number of carbonyl (C=O) groups is 1. The highest BCUT2D eigenvalue weighted by atomic mass is 19.1. The first-order valence-corrected chi connectivity index (χ1v) is 7.16. The third-order valence-electron chi connectivity index (χ3n) is 4.32. The number of nitrogens with two attached hydrogens (primary N) is 1. The first-order valence-electron chi connectivity index (χ1n) is 7.16. The number of hydrogen-bond donors (Lipinski definition) is 1. The van der Waals surface area contributed by atoms with E-state index in [4.69, 9.17) is 5.73 Å². The molecule has 2 aliphatic heterocycles. The third kappa shape index (κ3) is 2.16. The van der Waals surface area contributed by atoms with Crippen molar-refractivity contribution in [2.45, 2.75) is 31.8 Å². The van der Waals surface area contributed by atoms with Crippen LogP contribution in [0.15, 0.2) is 18.2 Å². The average molecular weight is 277 g/mol. The zero-order valence-electron chi connectivity index (χ0n) is 11.7. The fourth-order valence-electron chi connectivity index (χ4n) is 3.30. The number of fused-ring (bicyclic) bond motifs is 1. The minimum absolute atomic E-state index is 0.205. The lowest BCUT2D eigenvalue weighted by atomic mass is 10.0. The molecule has 0 spiro atoms. The van der Waals surface area contributed by atoms with Crippen LogP contribution in [0, 0.1) is 5.82 Å². The molecule has 0 bridgehead atoms. The van der Waals surface area contributed by atoms with Crippen LogP contribution in [0.3, 0.4) is 0 Å². The Morgan fingerprint density at radius 1 is 1.40 bits per heavy atom. The predicted octanol–water partition coefficient (Wildman–Crippen LogP) is 1.66. The van der Waals surface area contributed by atoms with Crippen molar-refractivity contribution in [1.29, 1.82) is 0 Å². The lowest BCUT2D eigenvalue weighted by Crippen LogP contribution is -2.52. The maximum atomic E-state index is 14.2. The molecular formula is C15H20FN3O. The Balaban J connectivity index is 1.89. The molecule has 2 heterocycles. The molecule has 2 aliphatic rings. The number of nitrogens with zero attached hydrogens (tertiary/aromatic N) is 2. The van der Waals surface area contributed by atoms with Gasteiger partial charge in [-0.25, -0.2) is 4.39 Å². The normalized spacial score (nSPS) is 23.9. The predicted molar refractivity (Wildman–Crippen MR) is 76.0 cm³/mol. The minimum Gasteiger partial charge on any atom is -0.365 e. The van der Waals surface area contributed by atoms with E-state index in [-0.39, 0.29) is 23.8 Å². The van der Waals surface area contributed by atoms with Crippen LogP contribution in [0.5, 0.6) is 0 Å². The maximum absolute atomic E-state index is 14.2. The zero-order chi connectivity index (χ0) is 14.3. The molecule has 1 unspecified atom stereocenters. The molecule has 108 valence electrons. The minimum atomic E-state index is -0.224. The Morgan fingerprint density at radius 2 is 2.20 bits per heavy atom. The number of anilines is 1. The molecule has 2 N–H and O–H groups in total. The number of para-hydroxylation sites is 1. The van der Waals surface area contributed by atoms with E-state index in [2.05, 4.69) is 0 Å². The molecule has 20 heavy (non-hydrogen) atoms. The van der Waals surface area contributed by atoms with E-state index in [0.29, 0.717) is 31.7 Å². The first kappa shape index (κ1) is 13.4. The standard InChI is InChI=1S/C15H20FN3O/c1-10(17)12-3-2-4-13(16)15(12)18-7-8-19-11(9-18)5-6-14(19)20/h2-4,10-11H,5-9,17H2,1H3/t10-,11?/m0/s1. The first-order chi connectivity index (χ1) is 9.58. The van der Waals surface area contributed by atoms with Gasteiger partial charge in [-0.1, -0.05) is 12.1 Å². The van der Waals surface area contributed by atoms with Gasteiger partial charge >= 0.3 is 0 Å². The van der Waals surface area contributed by atoms with Gasteiger partial charge in [0.25, 0.3) is 0 Å². The van der Waals surface area contributed by atoms with Gasteiger partial charge in [0.2, 0.25) is 5.91 Å². The monoisotopic (exact) mass is 277 g/mol. The number of benzene rings is 1. The van der Waals surface area contributed by atoms with Crippen molar-refractivity contribution in [3.8, 4) is 0 Å². The largest absolute Gasteiger partial charge is 0.365 e. The molecule has 4 nitrogen and oxygen atoms in total. The van der Waals surface area contributed by atoms with E-state index < -0.39 is 0 Å². The Morgan fingerprint density at radius 3 is 2.95 bits per heavy atom. The van der Waals surface area contributed by atoms with Gasteiger partial charge in [0, 0.05) is 38.1 Å². The molecule has 1 aromatic carbocycles. The van der Waals surface area contributed by atoms with E-state index in [1.165, 1.54) is 6.07 Å². The Bertz CT molecular complexity index is 532. The van der Waals surface area contributed by atoms with Crippen molar-refractivity contribution in [3.63, 3.8) is 0 Å². The van der Waals surface area contributed by atoms with Gasteiger partial charge in [-0.05, 0) is 25.0 Å². The van der Waals surface area contributed by atoms with Crippen molar-refractivity contribution in [2.75, 3.05) is 24.5 Å². The Kier molecular flexibility index (Phi) is 3.38. The molecular weight excluding hydrogens is 257 g/mol. The molecule has 2 fully saturated rings. The summed E-state index contributed by atoms with van der Waals surface area (Å²) in [5, 5.41) is 0. The molecule has 0 saturated carbocycles. The maximum Gasteiger partial charge on any atom is 0.223 e. The second kappa shape index (κ2) is 5.05. The molecule has 1 amide bonds. The van der Waals surface area contributed by atoms with E-state index in [9.17, 15) is 9.18 Å². The summed E-state index contributed by atoms with van der Waals surface area (Å²) in [5.74, 6) is 0.00757. The molecule has 1 aromatic rings. The van der Waals surface area contributed by atoms with E-state index in [0.717, 1.165) is 12.0 Å². The number of amides is 1. The van der Waals surface area contributed by atoms with Gasteiger partial charge in [-0.2, -0.15) is 0 Å². The third-order valence-corrected chi connectivity index (χ3v) is 4.32. The second-order valence-electron chi connectivity index (χ2n) is 5.69. The molecule has 0 aromatic heterocycles. The average Bonchev–Trinajstić information content (AvgIpc) is 2.79. The van der Waals surface area contributed by atoms with Crippen molar-refractivity contribution in [3.05, 3.63) is 29.6 Å². The number of rotatable bonds is 2. The van der Waals surface area contributed by atoms with Gasteiger partial charge in [0.05, 0.1) is 5.69 Å². The summed E-state index contributed by atoms with van der Waals surface area (Å²) < 4.78 is 14.2. The van der Waals surface area contributed by atoms with Crippen LogP contribution in [0.2, 0.25) is 0 Å². The summed E-state index contributed by atoms with van der Waals surface area (Å²) in [6, 6.07) is 5.08. The van der Waals surface area contributed by atoms with Crippen LogP contribution in [-0.4, -0.2) is 36.5 Å². The highest BCUT2D eigenvalue weighted by Gasteiger charge is 2.36. The van der Waals surface area contributed by atoms with Crippen molar-refractivity contribution in [1.82, 2.24) is 4.90 Å². The fraction of sp³-hybridized carbons (Fsp3) is 0.533. The summed E-state index contributed by atoms with van der Waals surface area (Å²) in [6.07, 6.45) is 1.49. The van der Waals surface area contributed by atoms with E-state index in [1.54, 1.807) is 6.07 Å². The van der Waals surface area contributed by atoms with Crippen LogP contribution in [0.1, 0.15) is 31.4 Å². The van der Waals surface area contributed by atoms with Gasteiger partial charge in [-0.15, -0.1) is 0 Å². The molecule has 2 saturated heterocycles. The molecule has 5 heteroatoms. The summed E-state index contributed by atoms with van der Waals surface area (Å²) in [4.78, 5) is 15.7. The second-order valence-corrected chi connectivity index (χ2v) is 5.69. The summed E-state index contributed by atoms with van der Waals surface area (Å²) >= 11 is 0. The Hall–Kier alpha value is -1.62. The summed E-state index contributed by atoms with van der Waals surface area (Å²) in [5.41, 5.74) is 7.41. The van der Waals surface area contributed by atoms with Crippen molar-refractivity contribution >= 4 is 11.6 Å². The van der Waals surface area contributed by atoms with Crippen molar-refractivity contribution in [2.24, 2.45) is 5.73 Å². The topological polar surface area (TPSA) is 49.6 Å². The smallest absolute Gasteiger partial charge is 0.223 e. The molecule has 2 atom stereocenters. The number of hydrogen-bond acceptors (Lipinski definition) is 3. The van der Waals surface area contributed by atoms with Crippen LogP contribution in [0.25, 0.3) is 0 Å². The number of halogens is 1. The SMILES string of the molecule is C[C@H](N)c1cccc(F)c1N1CCN2C(=O)CCC2C1. The molecule has 3 rings (SSSR count). The highest BCUT2D eigenvalue weighted by Crippen LogP contribution is 2.32. The van der Waals surface area contributed by atoms with Gasteiger partial charge in [0.15, 0.2) is 0 Å². The quantitative estimate of drug-likeness (QED) is 0.894. The Labute approximate surface area is 118 Å². The lowest BCUT2D eigenvalue weighted by Gasteiger charge is -2.40. The van der Waals surface area contributed by atoms with Gasteiger partial charge in [-0.3, -0.25) is 4.79 Å². The van der Waals surface area contributed by atoms with Crippen LogP contribution in [0.4, 0.5) is 10.1 Å².